The first-order chi connectivity index (χ1) is 12.1. The van der Waals surface area contributed by atoms with E-state index in [1.807, 2.05) is 0 Å². The molecule has 0 saturated carbocycles. The quantitative estimate of drug-likeness (QED) is 0.247. The van der Waals surface area contributed by atoms with E-state index < -0.39 is 31.8 Å². The van der Waals surface area contributed by atoms with Gasteiger partial charge < -0.3 is 20.0 Å². The van der Waals surface area contributed by atoms with E-state index >= 15 is 0 Å². The van der Waals surface area contributed by atoms with E-state index in [-0.39, 0.29) is 11.1 Å². The third-order valence-corrected chi connectivity index (χ3v) is 5.75. The van der Waals surface area contributed by atoms with Crippen LogP contribution in [0.4, 0.5) is 0 Å². The highest BCUT2D eigenvalue weighted by Gasteiger charge is 2.52. The Bertz CT molecular complexity index is 480. The number of rotatable bonds is 15. The van der Waals surface area contributed by atoms with Gasteiger partial charge in [-0.3, -0.25) is 4.79 Å². The van der Waals surface area contributed by atoms with Crippen molar-refractivity contribution in [2.45, 2.75) is 90.0 Å². The lowest BCUT2D eigenvalue weighted by Gasteiger charge is -2.38. The standard InChI is InChI=1S/C17H34NO7P/c1-3-4-5-6-7-8-9-10-11-12-13-17(14-19,16(21)22)18(15(2)20)26(23,24)25/h19H,3-14H2,1-2H3,(H,21,22)(H2,23,24,25)/t17-/m0/s1. The summed E-state index contributed by atoms with van der Waals surface area (Å²) in [5.41, 5.74) is -2.30. The van der Waals surface area contributed by atoms with E-state index in [1.54, 1.807) is 0 Å². The summed E-state index contributed by atoms with van der Waals surface area (Å²) in [5.74, 6) is -2.70. The molecular weight excluding hydrogens is 361 g/mol. The molecule has 1 amide bonds. The molecule has 8 nitrogen and oxygen atoms in total. The van der Waals surface area contributed by atoms with E-state index in [9.17, 15) is 34.2 Å². The fourth-order valence-electron chi connectivity index (χ4n) is 3.16. The minimum atomic E-state index is -5.16. The van der Waals surface area contributed by atoms with Gasteiger partial charge in [0.2, 0.25) is 5.91 Å². The largest absolute Gasteiger partial charge is 0.479 e. The topological polar surface area (TPSA) is 135 Å². The third-order valence-electron chi connectivity index (χ3n) is 4.57. The molecule has 0 aromatic carbocycles. The molecular formula is C17H34NO7P. The van der Waals surface area contributed by atoms with E-state index in [4.69, 9.17) is 0 Å². The Hall–Kier alpha value is -0.950. The van der Waals surface area contributed by atoms with Gasteiger partial charge in [-0.05, 0) is 6.42 Å². The van der Waals surface area contributed by atoms with Crippen molar-refractivity contribution in [2.24, 2.45) is 0 Å². The second-order valence-electron chi connectivity index (χ2n) is 6.77. The van der Waals surface area contributed by atoms with Crippen LogP contribution < -0.4 is 0 Å². The number of carbonyl (C=O) groups excluding carboxylic acids is 1. The predicted molar refractivity (Wildman–Crippen MR) is 98.5 cm³/mol. The summed E-state index contributed by atoms with van der Waals surface area (Å²) in [5, 5.41) is 19.0. The van der Waals surface area contributed by atoms with Gasteiger partial charge in [-0.1, -0.05) is 71.1 Å². The number of carbonyl (C=O) groups is 2. The first-order valence-electron chi connectivity index (χ1n) is 9.34. The molecule has 0 fully saturated rings. The molecule has 154 valence electrons. The second-order valence-corrected chi connectivity index (χ2v) is 8.20. The molecule has 0 unspecified atom stereocenters. The Labute approximate surface area is 155 Å². The van der Waals surface area contributed by atoms with Crippen LogP contribution in [-0.2, 0) is 14.2 Å². The van der Waals surface area contributed by atoms with Crippen molar-refractivity contribution in [3.8, 4) is 0 Å². The van der Waals surface area contributed by atoms with Crippen LogP contribution in [0.2, 0.25) is 0 Å². The van der Waals surface area contributed by atoms with Gasteiger partial charge in [-0.15, -0.1) is 0 Å². The molecule has 1 atom stereocenters. The molecule has 0 aliphatic heterocycles. The summed E-state index contributed by atoms with van der Waals surface area (Å²) < 4.78 is 11.6. The summed E-state index contributed by atoms with van der Waals surface area (Å²) in [4.78, 5) is 42.0. The molecule has 0 aliphatic carbocycles. The summed E-state index contributed by atoms with van der Waals surface area (Å²) in [7, 11) is -5.16. The normalized spacial score (nSPS) is 14.0. The second kappa shape index (κ2) is 12.4. The van der Waals surface area contributed by atoms with E-state index in [1.165, 1.54) is 32.1 Å². The van der Waals surface area contributed by atoms with Gasteiger partial charge in [-0.25, -0.2) is 14.0 Å². The zero-order valence-corrected chi connectivity index (χ0v) is 16.8. The Morgan fingerprint density at radius 1 is 0.923 bits per heavy atom. The van der Waals surface area contributed by atoms with Gasteiger partial charge in [0.25, 0.3) is 0 Å². The third kappa shape index (κ3) is 8.16. The lowest BCUT2D eigenvalue weighted by atomic mass is 9.92. The van der Waals surface area contributed by atoms with Crippen LogP contribution in [0.1, 0.15) is 84.5 Å². The van der Waals surface area contributed by atoms with Crippen molar-refractivity contribution in [3.63, 3.8) is 0 Å². The van der Waals surface area contributed by atoms with Crippen molar-refractivity contribution in [3.05, 3.63) is 0 Å². The Kier molecular flexibility index (Phi) is 12.0. The number of carboxylic acid groups (broad SMARTS) is 1. The molecule has 26 heavy (non-hydrogen) atoms. The minimum Gasteiger partial charge on any atom is -0.479 e. The molecule has 9 heteroatoms. The summed E-state index contributed by atoms with van der Waals surface area (Å²) in [6, 6.07) is 0. The highest BCUT2D eigenvalue weighted by Crippen LogP contribution is 2.47. The van der Waals surface area contributed by atoms with Crippen molar-refractivity contribution in [1.29, 1.82) is 0 Å². The number of unbranched alkanes of at least 4 members (excludes halogenated alkanes) is 9. The number of hydrogen-bond acceptors (Lipinski definition) is 4. The lowest BCUT2D eigenvalue weighted by molar-refractivity contribution is -0.157. The fourth-order valence-corrected chi connectivity index (χ4v) is 4.27. The summed E-state index contributed by atoms with van der Waals surface area (Å²) >= 11 is 0. The number of aliphatic hydroxyl groups excluding tert-OH is 1. The molecule has 0 aromatic rings. The fraction of sp³-hybridized carbons (Fsp3) is 0.882. The highest BCUT2D eigenvalue weighted by molar-refractivity contribution is 7.50. The Morgan fingerprint density at radius 2 is 1.35 bits per heavy atom. The minimum absolute atomic E-state index is 0.00998. The average Bonchev–Trinajstić information content (AvgIpc) is 2.53. The Balaban J connectivity index is 4.55. The van der Waals surface area contributed by atoms with Crippen molar-refractivity contribution in [2.75, 3.05) is 6.61 Å². The maximum Gasteiger partial charge on any atom is 0.433 e. The van der Waals surface area contributed by atoms with Crippen LogP contribution in [0.5, 0.6) is 0 Å². The lowest BCUT2D eigenvalue weighted by Crippen LogP contribution is -2.57. The van der Waals surface area contributed by atoms with E-state index in [2.05, 4.69) is 6.92 Å². The number of aliphatic hydroxyl groups is 1. The molecule has 0 aromatic heterocycles. The van der Waals surface area contributed by atoms with Gasteiger partial charge in [0, 0.05) is 6.92 Å². The van der Waals surface area contributed by atoms with Crippen LogP contribution in [0.15, 0.2) is 0 Å². The van der Waals surface area contributed by atoms with E-state index in [0.717, 1.165) is 26.2 Å². The zero-order valence-electron chi connectivity index (χ0n) is 15.9. The van der Waals surface area contributed by atoms with Gasteiger partial charge in [0.05, 0.1) is 6.61 Å². The molecule has 0 spiro atoms. The van der Waals surface area contributed by atoms with Crippen molar-refractivity contribution >= 4 is 19.6 Å². The summed E-state index contributed by atoms with van der Waals surface area (Å²) in [6.45, 7) is 2.00. The first kappa shape index (κ1) is 25.1. The molecule has 0 bridgehead atoms. The van der Waals surface area contributed by atoms with E-state index in [0.29, 0.717) is 12.8 Å². The maximum absolute atomic E-state index is 11.6. The van der Waals surface area contributed by atoms with Gasteiger partial charge in [0.1, 0.15) is 0 Å². The van der Waals surface area contributed by atoms with Gasteiger partial charge in [0.15, 0.2) is 5.54 Å². The number of amides is 1. The average molecular weight is 395 g/mol. The molecule has 0 radical (unpaired) electrons. The molecule has 0 rings (SSSR count). The van der Waals surface area contributed by atoms with Crippen molar-refractivity contribution < 1.29 is 34.2 Å². The maximum atomic E-state index is 11.6. The number of nitrogens with zero attached hydrogens (tertiary/aromatic N) is 1. The van der Waals surface area contributed by atoms with Crippen LogP contribution in [-0.4, -0.2) is 48.7 Å². The number of hydrogen-bond donors (Lipinski definition) is 4. The van der Waals surface area contributed by atoms with Crippen LogP contribution in [0, 0.1) is 0 Å². The molecule has 0 aliphatic rings. The number of carboxylic acids is 1. The van der Waals surface area contributed by atoms with Crippen LogP contribution in [0.25, 0.3) is 0 Å². The monoisotopic (exact) mass is 395 g/mol. The zero-order chi connectivity index (χ0) is 20.2. The highest BCUT2D eigenvalue weighted by atomic mass is 31.2. The van der Waals surface area contributed by atoms with Crippen LogP contribution in [0.3, 0.4) is 0 Å². The summed E-state index contributed by atoms with van der Waals surface area (Å²) in [6.07, 6.45) is 9.93. The van der Waals surface area contributed by atoms with Gasteiger partial charge in [-0.2, -0.15) is 0 Å². The predicted octanol–water partition coefficient (Wildman–Crippen LogP) is 3.05. The SMILES string of the molecule is CCCCCCCCCCCC[C@](CO)(C(=O)O)N(C(C)=O)P(=O)(O)O. The molecule has 0 heterocycles. The van der Waals surface area contributed by atoms with Crippen LogP contribution >= 0.6 is 7.75 Å². The molecule has 0 saturated heterocycles. The number of aliphatic carboxylic acids is 1. The molecule has 4 N–H and O–H groups in total. The smallest absolute Gasteiger partial charge is 0.433 e. The Morgan fingerprint density at radius 3 is 1.65 bits per heavy atom. The van der Waals surface area contributed by atoms with Gasteiger partial charge >= 0.3 is 13.7 Å². The van der Waals surface area contributed by atoms with Crippen molar-refractivity contribution in [1.82, 2.24) is 4.67 Å². The first-order valence-corrected chi connectivity index (χ1v) is 10.9.